The van der Waals surface area contributed by atoms with Crippen molar-refractivity contribution in [2.75, 3.05) is 26.8 Å². The zero-order valence-electron chi connectivity index (χ0n) is 14.3. The van der Waals surface area contributed by atoms with Crippen LogP contribution < -0.4 is 5.56 Å². The van der Waals surface area contributed by atoms with Crippen LogP contribution in [0.4, 0.5) is 0 Å². The molecule has 7 nitrogen and oxygen atoms in total. The highest BCUT2D eigenvalue weighted by Gasteiger charge is 2.26. The summed E-state index contributed by atoms with van der Waals surface area (Å²) in [6.45, 7) is 1.74. The van der Waals surface area contributed by atoms with Crippen molar-refractivity contribution in [2.45, 2.75) is 25.2 Å². The molecule has 1 aliphatic heterocycles. The summed E-state index contributed by atoms with van der Waals surface area (Å²) in [5, 5.41) is 0. The fourth-order valence-electron chi connectivity index (χ4n) is 3.11. The summed E-state index contributed by atoms with van der Waals surface area (Å²) in [4.78, 5) is 37.6. The summed E-state index contributed by atoms with van der Waals surface area (Å²) in [5.41, 5.74) is 1.30. The lowest BCUT2D eigenvalue weighted by Gasteiger charge is -2.32. The number of aromatic amines is 1. The van der Waals surface area contributed by atoms with E-state index in [4.69, 9.17) is 4.74 Å². The van der Waals surface area contributed by atoms with Crippen LogP contribution in [-0.2, 0) is 9.53 Å². The van der Waals surface area contributed by atoms with Crippen molar-refractivity contribution in [1.82, 2.24) is 19.9 Å². The van der Waals surface area contributed by atoms with Crippen LogP contribution >= 0.6 is 0 Å². The number of hydrogen-bond acceptors (Lipinski definition) is 5. The molecule has 2 aromatic heterocycles. The van der Waals surface area contributed by atoms with Gasteiger partial charge in [-0.2, -0.15) is 0 Å². The summed E-state index contributed by atoms with van der Waals surface area (Å²) in [5.74, 6) is 0.762. The van der Waals surface area contributed by atoms with Crippen LogP contribution in [0.3, 0.4) is 0 Å². The van der Waals surface area contributed by atoms with E-state index in [2.05, 4.69) is 15.0 Å². The molecule has 0 saturated carbocycles. The zero-order chi connectivity index (χ0) is 17.6. The number of amides is 1. The second-order valence-corrected chi connectivity index (χ2v) is 6.17. The molecule has 3 heterocycles. The smallest absolute Gasteiger partial charge is 0.251 e. The minimum absolute atomic E-state index is 0.0368. The number of rotatable bonds is 5. The Morgan fingerprint density at radius 1 is 1.40 bits per heavy atom. The number of H-pyrrole nitrogens is 1. The second kappa shape index (κ2) is 8.02. The first-order valence-corrected chi connectivity index (χ1v) is 8.45. The highest BCUT2D eigenvalue weighted by atomic mass is 16.5. The van der Waals surface area contributed by atoms with Gasteiger partial charge in [-0.1, -0.05) is 0 Å². The van der Waals surface area contributed by atoms with Crippen molar-refractivity contribution in [3.05, 3.63) is 46.8 Å². The van der Waals surface area contributed by atoms with Gasteiger partial charge in [0.25, 0.3) is 5.56 Å². The first-order valence-electron chi connectivity index (χ1n) is 8.45. The Bertz CT molecular complexity index is 775. The standard InChI is InChI=1S/C18H22N4O3/c1-25-10-6-17(24)22-9-2-3-14(12-22)18-20-15(11-16(23)21-18)13-4-7-19-8-5-13/h4-5,7-8,11,14H,2-3,6,9-10,12H2,1H3,(H,20,21,23)/t14-/m0/s1. The molecule has 1 N–H and O–H groups in total. The van der Waals surface area contributed by atoms with E-state index in [0.29, 0.717) is 31.1 Å². The lowest BCUT2D eigenvalue weighted by Crippen LogP contribution is -2.40. The monoisotopic (exact) mass is 342 g/mol. The molecular weight excluding hydrogens is 320 g/mol. The number of carbonyl (C=O) groups is 1. The number of nitrogens with one attached hydrogen (secondary N) is 1. The van der Waals surface area contributed by atoms with Gasteiger partial charge >= 0.3 is 0 Å². The molecule has 1 aliphatic rings. The summed E-state index contributed by atoms with van der Waals surface area (Å²) >= 11 is 0. The summed E-state index contributed by atoms with van der Waals surface area (Å²) in [6.07, 6.45) is 5.52. The summed E-state index contributed by atoms with van der Waals surface area (Å²) in [7, 11) is 1.59. The minimum atomic E-state index is -0.181. The molecule has 0 aromatic carbocycles. The normalized spacial score (nSPS) is 17.5. The van der Waals surface area contributed by atoms with Crippen LogP contribution in [0.5, 0.6) is 0 Å². The Morgan fingerprint density at radius 2 is 2.20 bits per heavy atom. The molecule has 1 fully saturated rings. The van der Waals surface area contributed by atoms with Crippen molar-refractivity contribution < 1.29 is 9.53 Å². The van der Waals surface area contributed by atoms with Crippen LogP contribution in [0.15, 0.2) is 35.4 Å². The maximum atomic E-state index is 12.2. The molecule has 0 unspecified atom stereocenters. The second-order valence-electron chi connectivity index (χ2n) is 6.17. The van der Waals surface area contributed by atoms with Gasteiger partial charge in [0.05, 0.1) is 18.7 Å². The maximum absolute atomic E-state index is 12.2. The van der Waals surface area contributed by atoms with Gasteiger partial charge in [0.1, 0.15) is 5.82 Å². The molecule has 7 heteroatoms. The molecular formula is C18H22N4O3. The molecule has 0 bridgehead atoms. The molecule has 3 rings (SSSR count). The van der Waals surface area contributed by atoms with Gasteiger partial charge in [-0.15, -0.1) is 0 Å². The van der Waals surface area contributed by atoms with Gasteiger partial charge in [0.15, 0.2) is 0 Å². The topological polar surface area (TPSA) is 88.2 Å². The van der Waals surface area contributed by atoms with Crippen molar-refractivity contribution in [3.63, 3.8) is 0 Å². The molecule has 132 valence electrons. The molecule has 0 aliphatic carbocycles. The van der Waals surface area contributed by atoms with Gasteiger partial charge in [0.2, 0.25) is 5.91 Å². The quantitative estimate of drug-likeness (QED) is 0.891. The van der Waals surface area contributed by atoms with E-state index in [1.807, 2.05) is 17.0 Å². The third kappa shape index (κ3) is 4.30. The molecule has 2 aromatic rings. The number of piperidine rings is 1. The van der Waals surface area contributed by atoms with Crippen LogP contribution in [0.1, 0.15) is 31.0 Å². The number of methoxy groups -OCH3 is 1. The van der Waals surface area contributed by atoms with Crippen molar-refractivity contribution in [1.29, 1.82) is 0 Å². The zero-order valence-corrected chi connectivity index (χ0v) is 14.3. The average molecular weight is 342 g/mol. The Morgan fingerprint density at radius 3 is 2.96 bits per heavy atom. The first-order chi connectivity index (χ1) is 12.2. The van der Waals surface area contributed by atoms with E-state index in [1.165, 1.54) is 6.07 Å². The van der Waals surface area contributed by atoms with Crippen molar-refractivity contribution >= 4 is 5.91 Å². The predicted octanol–water partition coefficient (Wildman–Crippen LogP) is 1.57. The van der Waals surface area contributed by atoms with E-state index in [0.717, 1.165) is 24.9 Å². The van der Waals surface area contributed by atoms with Crippen LogP contribution in [-0.4, -0.2) is 52.6 Å². The fraction of sp³-hybridized carbons (Fsp3) is 0.444. The number of carbonyl (C=O) groups excluding carboxylic acids is 1. The Labute approximate surface area is 146 Å². The van der Waals surface area contributed by atoms with Crippen LogP contribution in [0, 0.1) is 0 Å². The minimum Gasteiger partial charge on any atom is -0.384 e. The summed E-state index contributed by atoms with van der Waals surface area (Å²) < 4.78 is 4.98. The van der Waals surface area contributed by atoms with Crippen molar-refractivity contribution in [3.8, 4) is 11.3 Å². The Hall–Kier alpha value is -2.54. The first kappa shape index (κ1) is 17.3. The lowest BCUT2D eigenvalue weighted by atomic mass is 9.96. The third-order valence-electron chi connectivity index (χ3n) is 4.42. The predicted molar refractivity (Wildman–Crippen MR) is 93.1 cm³/mol. The number of aromatic nitrogens is 3. The van der Waals surface area contributed by atoms with Gasteiger partial charge < -0.3 is 14.6 Å². The highest BCUT2D eigenvalue weighted by Crippen LogP contribution is 2.25. The Kier molecular flexibility index (Phi) is 5.55. The number of nitrogens with zero attached hydrogens (tertiary/aromatic N) is 3. The lowest BCUT2D eigenvalue weighted by molar-refractivity contribution is -0.133. The molecule has 1 atom stereocenters. The van der Waals surface area contributed by atoms with E-state index in [1.54, 1.807) is 19.5 Å². The van der Waals surface area contributed by atoms with E-state index >= 15 is 0 Å². The van der Waals surface area contributed by atoms with Gasteiger partial charge in [-0.05, 0) is 25.0 Å². The molecule has 0 radical (unpaired) electrons. The van der Waals surface area contributed by atoms with Crippen LogP contribution in [0.25, 0.3) is 11.3 Å². The molecule has 1 amide bonds. The number of hydrogen-bond donors (Lipinski definition) is 1. The largest absolute Gasteiger partial charge is 0.384 e. The molecule has 25 heavy (non-hydrogen) atoms. The highest BCUT2D eigenvalue weighted by molar-refractivity contribution is 5.76. The van der Waals surface area contributed by atoms with Crippen LogP contribution in [0.2, 0.25) is 0 Å². The van der Waals surface area contributed by atoms with E-state index in [-0.39, 0.29) is 17.4 Å². The third-order valence-corrected chi connectivity index (χ3v) is 4.42. The van der Waals surface area contributed by atoms with E-state index in [9.17, 15) is 9.59 Å². The van der Waals surface area contributed by atoms with Gasteiger partial charge in [0, 0.05) is 50.1 Å². The van der Waals surface area contributed by atoms with Gasteiger partial charge in [-0.3, -0.25) is 14.6 Å². The van der Waals surface area contributed by atoms with Gasteiger partial charge in [-0.25, -0.2) is 4.98 Å². The SMILES string of the molecule is COCCC(=O)N1CCC[C@H](c2nc(-c3ccncc3)cc(=O)[nH]2)C1. The molecule has 1 saturated heterocycles. The van der Waals surface area contributed by atoms with E-state index < -0.39 is 0 Å². The van der Waals surface area contributed by atoms with Crippen molar-refractivity contribution in [2.24, 2.45) is 0 Å². The number of pyridine rings is 1. The molecule has 0 spiro atoms. The fourth-order valence-corrected chi connectivity index (χ4v) is 3.11. The summed E-state index contributed by atoms with van der Waals surface area (Å²) in [6, 6.07) is 5.14. The number of likely N-dealkylation sites (tertiary alicyclic amines) is 1. The maximum Gasteiger partial charge on any atom is 0.251 e. The average Bonchev–Trinajstić information content (AvgIpc) is 2.66. The number of ether oxygens (including phenoxy) is 1. The Balaban J connectivity index is 1.80.